The first-order valence-electron chi connectivity index (χ1n) is 4.02. The Hall–Kier alpha value is -0.530. The number of rotatable bonds is 2. The smallest absolute Gasteiger partial charge is 0.306 e. The zero-order valence-electron chi connectivity index (χ0n) is 5.92. The lowest BCUT2D eigenvalue weighted by Crippen LogP contribution is -2.15. The predicted molar refractivity (Wildman–Crippen MR) is 36.6 cm³/mol. The maximum absolute atomic E-state index is 10.4. The van der Waals surface area contributed by atoms with Crippen LogP contribution in [0.25, 0.3) is 0 Å². The molecule has 2 fully saturated rings. The minimum absolute atomic E-state index is 0.0327. The summed E-state index contributed by atoms with van der Waals surface area (Å²) in [6.45, 7) is 0. The van der Waals surface area contributed by atoms with Crippen molar-refractivity contribution in [2.24, 2.45) is 17.8 Å². The normalized spacial score (nSPS) is 38.8. The summed E-state index contributed by atoms with van der Waals surface area (Å²) in [6.07, 6.45) is 4.86. The average Bonchev–Trinajstić information content (AvgIpc) is 2.40. The van der Waals surface area contributed by atoms with Gasteiger partial charge in [-0.15, -0.1) is 0 Å². The van der Waals surface area contributed by atoms with E-state index in [4.69, 9.17) is 5.11 Å². The van der Waals surface area contributed by atoms with Crippen LogP contribution < -0.4 is 0 Å². The van der Waals surface area contributed by atoms with Crippen LogP contribution in [0.5, 0.6) is 0 Å². The van der Waals surface area contributed by atoms with E-state index in [0.717, 1.165) is 12.3 Å². The summed E-state index contributed by atoms with van der Waals surface area (Å²) in [5, 5.41) is 8.59. The van der Waals surface area contributed by atoms with E-state index in [2.05, 4.69) is 0 Å². The number of carboxylic acid groups (broad SMARTS) is 1. The SMILES string of the molecule is O=C(O)[C@@H]1C[C@@H]1C1CCC1. The number of carbonyl (C=O) groups is 1. The van der Waals surface area contributed by atoms with Crippen molar-refractivity contribution in [3.63, 3.8) is 0 Å². The van der Waals surface area contributed by atoms with Crippen molar-refractivity contribution in [2.75, 3.05) is 0 Å². The van der Waals surface area contributed by atoms with Crippen molar-refractivity contribution >= 4 is 5.97 Å². The zero-order valence-corrected chi connectivity index (χ0v) is 5.92. The van der Waals surface area contributed by atoms with Crippen LogP contribution in [0.3, 0.4) is 0 Å². The van der Waals surface area contributed by atoms with Gasteiger partial charge in [-0.3, -0.25) is 4.79 Å². The number of aliphatic carboxylic acids is 1. The van der Waals surface area contributed by atoms with Gasteiger partial charge in [0, 0.05) is 0 Å². The third kappa shape index (κ3) is 0.825. The molecule has 0 aromatic carbocycles. The molecule has 0 aromatic heterocycles. The Morgan fingerprint density at radius 1 is 1.40 bits per heavy atom. The minimum atomic E-state index is -0.572. The largest absolute Gasteiger partial charge is 0.481 e. The molecule has 10 heavy (non-hydrogen) atoms. The first kappa shape index (κ1) is 6.20. The molecule has 0 aromatic rings. The highest BCUT2D eigenvalue weighted by Crippen LogP contribution is 2.51. The van der Waals surface area contributed by atoms with Crippen LogP contribution in [0.15, 0.2) is 0 Å². The van der Waals surface area contributed by atoms with Gasteiger partial charge in [-0.25, -0.2) is 0 Å². The second kappa shape index (κ2) is 1.97. The van der Waals surface area contributed by atoms with Gasteiger partial charge >= 0.3 is 5.97 Å². The molecule has 2 rings (SSSR count). The van der Waals surface area contributed by atoms with Gasteiger partial charge in [0.1, 0.15) is 0 Å². The second-order valence-corrected chi connectivity index (χ2v) is 3.54. The quantitative estimate of drug-likeness (QED) is 0.631. The van der Waals surface area contributed by atoms with Crippen LogP contribution in [0.4, 0.5) is 0 Å². The van der Waals surface area contributed by atoms with Crippen LogP contribution in [0, 0.1) is 17.8 Å². The van der Waals surface area contributed by atoms with Gasteiger partial charge in [0.05, 0.1) is 5.92 Å². The molecule has 0 spiro atoms. The molecule has 0 unspecified atom stereocenters. The highest BCUT2D eigenvalue weighted by Gasteiger charge is 2.48. The Morgan fingerprint density at radius 2 is 2.10 bits per heavy atom. The van der Waals surface area contributed by atoms with Crippen LogP contribution in [-0.4, -0.2) is 11.1 Å². The molecule has 2 aliphatic carbocycles. The number of hydrogen-bond acceptors (Lipinski definition) is 1. The van der Waals surface area contributed by atoms with E-state index in [1.165, 1.54) is 19.3 Å². The summed E-state index contributed by atoms with van der Waals surface area (Å²) in [7, 11) is 0. The lowest BCUT2D eigenvalue weighted by Gasteiger charge is -2.25. The Balaban J connectivity index is 1.83. The van der Waals surface area contributed by atoms with Crippen molar-refractivity contribution in [3.8, 4) is 0 Å². The molecular formula is C8H12O2. The van der Waals surface area contributed by atoms with E-state index in [9.17, 15) is 4.79 Å². The van der Waals surface area contributed by atoms with Crippen LogP contribution in [0.1, 0.15) is 25.7 Å². The second-order valence-electron chi connectivity index (χ2n) is 3.54. The summed E-state index contributed by atoms with van der Waals surface area (Å²) in [6, 6.07) is 0. The van der Waals surface area contributed by atoms with Gasteiger partial charge in [0.2, 0.25) is 0 Å². The third-order valence-electron chi connectivity index (χ3n) is 2.91. The molecular weight excluding hydrogens is 128 g/mol. The van der Waals surface area contributed by atoms with E-state index in [1.807, 2.05) is 0 Å². The molecule has 2 atom stereocenters. The van der Waals surface area contributed by atoms with Crippen molar-refractivity contribution in [3.05, 3.63) is 0 Å². The van der Waals surface area contributed by atoms with Crippen molar-refractivity contribution < 1.29 is 9.90 Å². The van der Waals surface area contributed by atoms with Gasteiger partial charge in [-0.1, -0.05) is 19.3 Å². The standard InChI is InChI=1S/C8H12O2/c9-8(10)7-4-6(7)5-2-1-3-5/h5-7H,1-4H2,(H,9,10)/t6-,7-/m1/s1. The van der Waals surface area contributed by atoms with Gasteiger partial charge in [0.25, 0.3) is 0 Å². The van der Waals surface area contributed by atoms with Crippen LogP contribution >= 0.6 is 0 Å². The van der Waals surface area contributed by atoms with Crippen molar-refractivity contribution in [1.29, 1.82) is 0 Å². The Kier molecular flexibility index (Phi) is 1.22. The van der Waals surface area contributed by atoms with Crippen LogP contribution in [0.2, 0.25) is 0 Å². The van der Waals surface area contributed by atoms with Gasteiger partial charge in [-0.05, 0) is 18.3 Å². The molecule has 0 bridgehead atoms. The van der Waals surface area contributed by atoms with Gasteiger partial charge in [0.15, 0.2) is 0 Å². The zero-order chi connectivity index (χ0) is 7.14. The maximum atomic E-state index is 10.4. The van der Waals surface area contributed by atoms with Gasteiger partial charge < -0.3 is 5.11 Å². The summed E-state index contributed by atoms with van der Waals surface area (Å²) < 4.78 is 0. The summed E-state index contributed by atoms with van der Waals surface area (Å²) in [5.41, 5.74) is 0. The fraction of sp³-hybridized carbons (Fsp3) is 0.875. The third-order valence-corrected chi connectivity index (χ3v) is 2.91. The first-order chi connectivity index (χ1) is 4.79. The molecule has 2 aliphatic rings. The molecule has 56 valence electrons. The highest BCUT2D eigenvalue weighted by atomic mass is 16.4. The van der Waals surface area contributed by atoms with Crippen molar-refractivity contribution in [1.82, 2.24) is 0 Å². The minimum Gasteiger partial charge on any atom is -0.481 e. The van der Waals surface area contributed by atoms with Gasteiger partial charge in [-0.2, -0.15) is 0 Å². The Morgan fingerprint density at radius 3 is 2.40 bits per heavy atom. The fourth-order valence-corrected chi connectivity index (χ4v) is 1.89. The predicted octanol–water partition coefficient (Wildman–Crippen LogP) is 1.51. The summed E-state index contributed by atoms with van der Waals surface area (Å²) in [4.78, 5) is 10.4. The van der Waals surface area contributed by atoms with Crippen LogP contribution in [-0.2, 0) is 4.79 Å². The topological polar surface area (TPSA) is 37.3 Å². The molecule has 0 radical (unpaired) electrons. The molecule has 0 aliphatic heterocycles. The monoisotopic (exact) mass is 140 g/mol. The molecule has 2 nitrogen and oxygen atoms in total. The molecule has 0 saturated heterocycles. The van der Waals surface area contributed by atoms with E-state index in [-0.39, 0.29) is 5.92 Å². The number of carboxylic acids is 1. The fourth-order valence-electron chi connectivity index (χ4n) is 1.89. The number of hydrogen-bond donors (Lipinski definition) is 1. The van der Waals surface area contributed by atoms with Crippen molar-refractivity contribution in [2.45, 2.75) is 25.7 Å². The van der Waals surface area contributed by atoms with E-state index >= 15 is 0 Å². The summed E-state index contributed by atoms with van der Waals surface area (Å²) >= 11 is 0. The van der Waals surface area contributed by atoms with E-state index in [0.29, 0.717) is 5.92 Å². The Labute approximate surface area is 60.2 Å². The lowest BCUT2D eigenvalue weighted by atomic mass is 9.81. The lowest BCUT2D eigenvalue weighted by molar-refractivity contribution is -0.139. The Bertz CT molecular complexity index is 161. The van der Waals surface area contributed by atoms with E-state index in [1.54, 1.807) is 0 Å². The molecule has 2 heteroatoms. The highest BCUT2D eigenvalue weighted by molar-refractivity contribution is 5.73. The summed E-state index contributed by atoms with van der Waals surface area (Å²) in [5.74, 6) is 0.801. The molecule has 0 heterocycles. The van der Waals surface area contributed by atoms with E-state index < -0.39 is 5.97 Å². The average molecular weight is 140 g/mol. The molecule has 1 N–H and O–H groups in total. The molecule has 2 saturated carbocycles. The molecule has 0 amide bonds. The first-order valence-corrected chi connectivity index (χ1v) is 4.02. The maximum Gasteiger partial charge on any atom is 0.306 e.